The van der Waals surface area contributed by atoms with E-state index in [1.54, 1.807) is 20.8 Å². The normalized spacial score (nSPS) is 13.3. The molecule has 0 N–H and O–H groups in total. The Morgan fingerprint density at radius 1 is 0.557 bits per heavy atom. The lowest BCUT2D eigenvalue weighted by atomic mass is 9.70. The Morgan fingerprint density at radius 3 is 1.69 bits per heavy atom. The largest absolute Gasteiger partial charge is 0.462 e. The first-order valence-electron chi connectivity index (χ1n) is 24.1. The Labute approximate surface area is 415 Å². The van der Waals surface area contributed by atoms with E-state index in [9.17, 15) is 14.4 Å². The smallest absolute Gasteiger partial charge is 0.333 e. The first kappa shape index (κ1) is 48.0. The maximum absolute atomic E-state index is 12.7. The van der Waals surface area contributed by atoms with Crippen LogP contribution in [0.4, 0.5) is 0 Å². The maximum Gasteiger partial charge on any atom is 0.333 e. The maximum atomic E-state index is 12.7. The van der Waals surface area contributed by atoms with Crippen molar-refractivity contribution in [1.29, 1.82) is 0 Å². The summed E-state index contributed by atoms with van der Waals surface area (Å²) < 4.78 is 17.1. The molecule has 8 aromatic carbocycles. The van der Waals surface area contributed by atoms with Crippen molar-refractivity contribution in [3.63, 3.8) is 0 Å². The van der Waals surface area contributed by atoms with Crippen LogP contribution in [0.5, 0.6) is 0 Å². The SMILES string of the molecule is C=C(C)C(=O)OCCCC1(CCCOC(=O)C(=C)C)c2cc(-c3cc(Cl)c4cc(C(C)OC(=O)C(=C)C)ccc4c3)ccc2-c2ccc(-c3ccc4ccc5cc(C(C)(C)C)cc6ccc3c4c56)cc21. The van der Waals surface area contributed by atoms with Crippen LogP contribution in [0, 0.1) is 0 Å². The zero-order valence-corrected chi connectivity index (χ0v) is 42.0. The fourth-order valence-corrected chi connectivity index (χ4v) is 10.7. The minimum absolute atomic E-state index is 0.0142. The van der Waals surface area contributed by atoms with Crippen LogP contribution in [0.1, 0.15) is 103 Å². The van der Waals surface area contributed by atoms with Crippen LogP contribution in [0.3, 0.4) is 0 Å². The summed E-state index contributed by atoms with van der Waals surface area (Å²) in [6.07, 6.45) is 1.99. The highest BCUT2D eigenvalue weighted by molar-refractivity contribution is 6.36. The highest BCUT2D eigenvalue weighted by atomic mass is 35.5. The first-order valence-corrected chi connectivity index (χ1v) is 24.5. The lowest BCUT2D eigenvalue weighted by molar-refractivity contribution is -0.144. The molecule has 1 aliphatic carbocycles. The van der Waals surface area contributed by atoms with Crippen molar-refractivity contribution in [3.05, 3.63) is 179 Å². The molecule has 7 heteroatoms. The first-order chi connectivity index (χ1) is 33.3. The molecule has 0 fully saturated rings. The molecule has 0 saturated carbocycles. The van der Waals surface area contributed by atoms with Gasteiger partial charge in [-0.15, -0.1) is 0 Å². The van der Waals surface area contributed by atoms with Crippen LogP contribution in [0.25, 0.3) is 76.5 Å². The van der Waals surface area contributed by atoms with E-state index >= 15 is 0 Å². The van der Waals surface area contributed by atoms with Gasteiger partial charge in [0.25, 0.3) is 0 Å². The van der Waals surface area contributed by atoms with Gasteiger partial charge in [-0.25, -0.2) is 14.4 Å². The number of carbonyl (C=O) groups excluding carboxylic acids is 3. The van der Waals surface area contributed by atoms with E-state index in [2.05, 4.69) is 132 Å². The zero-order chi connectivity index (χ0) is 49.8. The van der Waals surface area contributed by atoms with Gasteiger partial charge in [-0.2, -0.15) is 0 Å². The predicted octanol–water partition coefficient (Wildman–Crippen LogP) is 16.3. The molecule has 354 valence electrons. The second-order valence-corrected chi connectivity index (χ2v) is 20.8. The summed E-state index contributed by atoms with van der Waals surface area (Å²) in [7, 11) is 0. The Bertz CT molecular complexity index is 3420. The lowest BCUT2D eigenvalue weighted by Gasteiger charge is -2.33. The minimum atomic E-state index is -0.567. The number of hydrogen-bond acceptors (Lipinski definition) is 6. The van der Waals surface area contributed by atoms with Crippen molar-refractivity contribution >= 4 is 72.6 Å². The van der Waals surface area contributed by atoms with E-state index in [4.69, 9.17) is 25.8 Å². The third-order valence-electron chi connectivity index (χ3n) is 14.2. The van der Waals surface area contributed by atoms with Gasteiger partial charge in [-0.3, -0.25) is 0 Å². The summed E-state index contributed by atoms with van der Waals surface area (Å²) in [5.41, 5.74) is 11.5. The Hall–Kier alpha value is -7.02. The third kappa shape index (κ3) is 8.90. The number of benzene rings is 8. The molecule has 6 nitrogen and oxygen atoms in total. The van der Waals surface area contributed by atoms with Gasteiger partial charge in [-0.05, 0) is 182 Å². The van der Waals surface area contributed by atoms with Crippen LogP contribution in [-0.2, 0) is 39.4 Å². The molecule has 0 bridgehead atoms. The van der Waals surface area contributed by atoms with Gasteiger partial charge in [0.05, 0.1) is 13.2 Å². The van der Waals surface area contributed by atoms with Gasteiger partial charge >= 0.3 is 17.9 Å². The van der Waals surface area contributed by atoms with Crippen molar-refractivity contribution in [1.82, 2.24) is 0 Å². The minimum Gasteiger partial charge on any atom is -0.462 e. The second-order valence-electron chi connectivity index (χ2n) is 20.3. The Kier molecular flexibility index (Phi) is 12.8. The molecule has 1 unspecified atom stereocenters. The fourth-order valence-electron chi connectivity index (χ4n) is 10.4. The van der Waals surface area contributed by atoms with Crippen molar-refractivity contribution in [2.24, 2.45) is 0 Å². The predicted molar refractivity (Wildman–Crippen MR) is 288 cm³/mol. The summed E-state index contributed by atoms with van der Waals surface area (Å²) in [5.74, 6) is -1.27. The van der Waals surface area contributed by atoms with Crippen molar-refractivity contribution in [2.45, 2.75) is 91.1 Å². The average molecular weight is 948 g/mol. The van der Waals surface area contributed by atoms with Crippen LogP contribution in [0.2, 0.25) is 5.02 Å². The summed E-state index contributed by atoms with van der Waals surface area (Å²) in [6, 6.07) is 41.9. The number of halogens is 1. The standard InChI is InChI=1S/C63H59ClO6/c1-36(2)59(65)68-27-11-25-63(26-12-28-69-60(66)37(3)4)54-33-42(47-29-43-15-14-41(32-53(43)56(64)35-47)39(7)70-61(67)38(5)6)18-22-50(54)51-23-19-44(34-55(51)63)49-21-17-40-13-16-45-30-48(62(8,9)10)31-46-20-24-52(49)58(40)57(45)46/h13-24,29-35,39H,1,3,5,11-12,25-28H2,2,4,6-10H3. The van der Waals surface area contributed by atoms with Gasteiger partial charge in [0.1, 0.15) is 6.10 Å². The molecule has 0 aliphatic heterocycles. The van der Waals surface area contributed by atoms with Crippen LogP contribution < -0.4 is 0 Å². The molecular formula is C63H59ClO6. The summed E-state index contributed by atoms with van der Waals surface area (Å²) in [4.78, 5) is 37.7. The molecule has 0 saturated heterocycles. The summed E-state index contributed by atoms with van der Waals surface area (Å²) in [6.45, 7) is 25.3. The van der Waals surface area contributed by atoms with Crippen molar-refractivity contribution in [3.8, 4) is 33.4 Å². The summed E-state index contributed by atoms with van der Waals surface area (Å²) in [5, 5.41) is 9.81. The Morgan fingerprint density at radius 2 is 1.09 bits per heavy atom. The molecule has 0 spiro atoms. The van der Waals surface area contributed by atoms with Gasteiger partial charge in [0.2, 0.25) is 0 Å². The average Bonchev–Trinajstić information content (AvgIpc) is 3.60. The highest BCUT2D eigenvalue weighted by Crippen LogP contribution is 2.56. The number of carbonyl (C=O) groups is 3. The molecule has 0 amide bonds. The molecule has 8 aromatic rings. The molecular weight excluding hydrogens is 888 g/mol. The lowest BCUT2D eigenvalue weighted by Crippen LogP contribution is -2.27. The molecule has 1 atom stereocenters. The van der Waals surface area contributed by atoms with Gasteiger partial charge in [0.15, 0.2) is 0 Å². The second kappa shape index (κ2) is 18.7. The molecule has 0 radical (unpaired) electrons. The fraction of sp³-hybridized carbons (Fsp3) is 0.254. The van der Waals surface area contributed by atoms with E-state index < -0.39 is 29.4 Å². The monoisotopic (exact) mass is 946 g/mol. The van der Waals surface area contributed by atoms with E-state index in [1.807, 2.05) is 31.2 Å². The number of hydrogen-bond donors (Lipinski definition) is 0. The third-order valence-corrected chi connectivity index (χ3v) is 14.5. The van der Waals surface area contributed by atoms with Gasteiger partial charge < -0.3 is 14.2 Å². The molecule has 9 rings (SSSR count). The quantitative estimate of drug-likeness (QED) is 0.0335. The van der Waals surface area contributed by atoms with Crippen molar-refractivity contribution in [2.75, 3.05) is 13.2 Å². The number of ether oxygens (including phenoxy) is 3. The van der Waals surface area contributed by atoms with Gasteiger partial charge in [0, 0.05) is 32.5 Å². The molecule has 70 heavy (non-hydrogen) atoms. The van der Waals surface area contributed by atoms with E-state index in [0.717, 1.165) is 55.3 Å². The molecule has 0 aromatic heterocycles. The number of fused-ring (bicyclic) bond motifs is 4. The van der Waals surface area contributed by atoms with E-state index in [1.165, 1.54) is 43.4 Å². The molecule has 1 aliphatic rings. The number of esters is 3. The zero-order valence-electron chi connectivity index (χ0n) is 41.2. The van der Waals surface area contributed by atoms with Gasteiger partial charge in [-0.1, -0.05) is 137 Å². The van der Waals surface area contributed by atoms with Crippen LogP contribution in [0.15, 0.2) is 152 Å². The van der Waals surface area contributed by atoms with E-state index in [0.29, 0.717) is 47.4 Å². The van der Waals surface area contributed by atoms with Crippen LogP contribution >= 0.6 is 11.6 Å². The Balaban J connectivity index is 1.18. The number of rotatable bonds is 15. The topological polar surface area (TPSA) is 78.9 Å². The molecule has 0 heterocycles. The van der Waals surface area contributed by atoms with E-state index in [-0.39, 0.29) is 18.6 Å². The summed E-state index contributed by atoms with van der Waals surface area (Å²) >= 11 is 7.13. The van der Waals surface area contributed by atoms with Crippen LogP contribution in [-0.4, -0.2) is 31.1 Å². The highest BCUT2D eigenvalue weighted by Gasteiger charge is 2.43. The van der Waals surface area contributed by atoms with Crippen molar-refractivity contribution < 1.29 is 28.6 Å².